The van der Waals surface area contributed by atoms with Crippen molar-refractivity contribution in [2.24, 2.45) is 0 Å². The van der Waals surface area contributed by atoms with Crippen molar-refractivity contribution in [1.29, 1.82) is 0 Å². The van der Waals surface area contributed by atoms with E-state index in [1.165, 1.54) is 29.0 Å². The fourth-order valence-electron chi connectivity index (χ4n) is 2.86. The van der Waals surface area contributed by atoms with E-state index >= 15 is 0 Å². The first-order valence-electron chi connectivity index (χ1n) is 6.95. The maximum Gasteiger partial charge on any atom is 0.416 e. The Kier molecular flexibility index (Phi) is 3.80. The molecule has 1 unspecified atom stereocenters. The van der Waals surface area contributed by atoms with Gasteiger partial charge in [-0.15, -0.1) is 11.3 Å². The first-order valence-corrected chi connectivity index (χ1v) is 7.76. The lowest BCUT2D eigenvalue weighted by molar-refractivity contribution is -0.137. The Morgan fingerprint density at radius 3 is 2.67 bits per heavy atom. The fraction of sp³-hybridized carbons (Fsp3) is 0.375. The lowest BCUT2D eigenvalue weighted by Gasteiger charge is -2.17. The van der Waals surface area contributed by atoms with E-state index in [4.69, 9.17) is 0 Å². The summed E-state index contributed by atoms with van der Waals surface area (Å²) in [4.78, 5) is 2.48. The van der Waals surface area contributed by atoms with Crippen molar-refractivity contribution in [1.82, 2.24) is 5.32 Å². The summed E-state index contributed by atoms with van der Waals surface area (Å²) in [6.07, 6.45) is -0.926. The van der Waals surface area contributed by atoms with Crippen LogP contribution >= 0.6 is 11.3 Å². The van der Waals surface area contributed by atoms with Crippen molar-refractivity contribution in [3.8, 4) is 0 Å². The van der Waals surface area contributed by atoms with Gasteiger partial charge in [0.1, 0.15) is 0 Å². The van der Waals surface area contributed by atoms with Gasteiger partial charge in [0.05, 0.1) is 11.6 Å². The maximum atomic E-state index is 12.9. The molecule has 1 aliphatic rings. The van der Waals surface area contributed by atoms with Crippen molar-refractivity contribution in [2.45, 2.75) is 31.5 Å². The van der Waals surface area contributed by atoms with E-state index < -0.39 is 11.7 Å². The quantitative estimate of drug-likeness (QED) is 0.876. The highest BCUT2D eigenvalue weighted by atomic mass is 32.1. The molecule has 2 aromatic rings. The lowest BCUT2D eigenvalue weighted by Crippen LogP contribution is -2.17. The van der Waals surface area contributed by atoms with Crippen molar-refractivity contribution in [2.75, 3.05) is 7.05 Å². The summed E-state index contributed by atoms with van der Waals surface area (Å²) in [7, 11) is 1.79. The number of nitrogens with one attached hydrogen (secondary N) is 1. The van der Waals surface area contributed by atoms with Crippen LogP contribution in [-0.4, -0.2) is 7.05 Å². The largest absolute Gasteiger partial charge is 0.416 e. The van der Waals surface area contributed by atoms with Crippen LogP contribution in [0.2, 0.25) is 0 Å². The number of hydrogen-bond acceptors (Lipinski definition) is 2. The SMILES string of the molecule is CNC(c1cccc(C(F)(F)F)c1)c1cc2c(s1)CCC2. The van der Waals surface area contributed by atoms with E-state index in [0.29, 0.717) is 5.56 Å². The van der Waals surface area contributed by atoms with Gasteiger partial charge in [0.2, 0.25) is 0 Å². The van der Waals surface area contributed by atoms with Gasteiger partial charge in [0, 0.05) is 9.75 Å². The molecule has 0 saturated heterocycles. The van der Waals surface area contributed by atoms with Crippen LogP contribution in [0, 0.1) is 0 Å². The van der Waals surface area contributed by atoms with Crippen LogP contribution in [-0.2, 0) is 19.0 Å². The van der Waals surface area contributed by atoms with Crippen LogP contribution in [0.25, 0.3) is 0 Å². The molecule has 1 heterocycles. The molecule has 1 aliphatic carbocycles. The second-order valence-corrected chi connectivity index (χ2v) is 6.46. The molecule has 1 N–H and O–H groups in total. The zero-order valence-corrected chi connectivity index (χ0v) is 12.4. The van der Waals surface area contributed by atoms with E-state index in [-0.39, 0.29) is 6.04 Å². The van der Waals surface area contributed by atoms with Crippen LogP contribution < -0.4 is 5.32 Å². The Bertz CT molecular complexity index is 624. The van der Waals surface area contributed by atoms with Crippen molar-refractivity contribution in [3.63, 3.8) is 0 Å². The van der Waals surface area contributed by atoms with E-state index in [1.54, 1.807) is 24.5 Å². The molecule has 1 aromatic carbocycles. The molecule has 0 spiro atoms. The monoisotopic (exact) mass is 311 g/mol. The Labute approximate surface area is 125 Å². The van der Waals surface area contributed by atoms with Gasteiger partial charge < -0.3 is 5.32 Å². The summed E-state index contributed by atoms with van der Waals surface area (Å²) in [6.45, 7) is 0. The second-order valence-electron chi connectivity index (χ2n) is 5.30. The molecule has 0 bridgehead atoms. The van der Waals surface area contributed by atoms with E-state index in [9.17, 15) is 13.2 Å². The van der Waals surface area contributed by atoms with Gasteiger partial charge in [-0.1, -0.05) is 12.1 Å². The van der Waals surface area contributed by atoms with Crippen LogP contribution in [0.4, 0.5) is 13.2 Å². The van der Waals surface area contributed by atoms with Gasteiger partial charge in [0.25, 0.3) is 0 Å². The fourth-order valence-corrected chi connectivity index (χ4v) is 4.26. The number of aryl methyl sites for hydroxylation is 2. The van der Waals surface area contributed by atoms with Crippen molar-refractivity contribution >= 4 is 11.3 Å². The van der Waals surface area contributed by atoms with Crippen LogP contribution in [0.3, 0.4) is 0 Å². The zero-order chi connectivity index (χ0) is 15.0. The number of benzene rings is 1. The van der Waals surface area contributed by atoms with E-state index in [1.807, 2.05) is 0 Å². The molecule has 1 atom stereocenters. The van der Waals surface area contributed by atoms with Gasteiger partial charge in [0.15, 0.2) is 0 Å². The molecule has 5 heteroatoms. The third-order valence-electron chi connectivity index (χ3n) is 3.89. The summed E-state index contributed by atoms with van der Waals surface area (Å²) in [5.74, 6) is 0. The minimum atomic E-state index is -4.30. The zero-order valence-electron chi connectivity index (χ0n) is 11.6. The molecule has 1 nitrogen and oxygen atoms in total. The van der Waals surface area contributed by atoms with Crippen LogP contribution in [0.5, 0.6) is 0 Å². The molecule has 1 aromatic heterocycles. The average molecular weight is 311 g/mol. The standard InChI is InChI=1S/C16H16F3NS/c1-20-15(14-9-10-4-3-7-13(10)21-14)11-5-2-6-12(8-11)16(17,18)19/h2,5-6,8-9,15,20H,3-4,7H2,1H3. The van der Waals surface area contributed by atoms with Gasteiger partial charge in [-0.2, -0.15) is 13.2 Å². The lowest BCUT2D eigenvalue weighted by atomic mass is 10.0. The number of rotatable bonds is 3. The first kappa shape index (κ1) is 14.6. The molecule has 0 amide bonds. The van der Waals surface area contributed by atoms with Crippen LogP contribution in [0.15, 0.2) is 30.3 Å². The molecule has 0 aliphatic heterocycles. The summed E-state index contributed by atoms with van der Waals surface area (Å²) < 4.78 is 38.6. The Hall–Kier alpha value is -1.33. The third-order valence-corrected chi connectivity index (χ3v) is 5.19. The van der Waals surface area contributed by atoms with Crippen LogP contribution in [0.1, 0.15) is 38.9 Å². The molecule has 0 saturated carbocycles. The predicted octanol–water partition coefficient (Wildman–Crippen LogP) is 4.56. The van der Waals surface area contributed by atoms with Gasteiger partial charge in [-0.3, -0.25) is 0 Å². The minimum absolute atomic E-state index is 0.178. The minimum Gasteiger partial charge on any atom is -0.309 e. The summed E-state index contributed by atoms with van der Waals surface area (Å²) in [5, 5.41) is 3.15. The third kappa shape index (κ3) is 2.85. The highest BCUT2D eigenvalue weighted by Crippen LogP contribution is 2.37. The number of fused-ring (bicyclic) bond motifs is 1. The maximum absolute atomic E-state index is 12.9. The highest BCUT2D eigenvalue weighted by Gasteiger charge is 2.31. The van der Waals surface area contributed by atoms with Gasteiger partial charge in [-0.05, 0) is 55.6 Å². The predicted molar refractivity (Wildman–Crippen MR) is 78.7 cm³/mol. The molecule has 112 valence electrons. The summed E-state index contributed by atoms with van der Waals surface area (Å²) >= 11 is 1.72. The molecular weight excluding hydrogens is 295 g/mol. The van der Waals surface area contributed by atoms with Crippen molar-refractivity contribution < 1.29 is 13.2 Å². The van der Waals surface area contributed by atoms with E-state index in [2.05, 4.69) is 11.4 Å². The first-order chi connectivity index (χ1) is 9.99. The Balaban J connectivity index is 1.96. The summed E-state index contributed by atoms with van der Waals surface area (Å²) in [6, 6.07) is 7.55. The molecule has 0 radical (unpaired) electrons. The average Bonchev–Trinajstić information content (AvgIpc) is 3.00. The topological polar surface area (TPSA) is 12.0 Å². The van der Waals surface area contributed by atoms with E-state index in [0.717, 1.165) is 23.8 Å². The molecular formula is C16H16F3NS. The van der Waals surface area contributed by atoms with Gasteiger partial charge >= 0.3 is 6.18 Å². The molecule has 0 fully saturated rings. The Morgan fingerprint density at radius 2 is 2.00 bits per heavy atom. The smallest absolute Gasteiger partial charge is 0.309 e. The number of thiophene rings is 1. The number of hydrogen-bond donors (Lipinski definition) is 1. The molecule has 3 rings (SSSR count). The normalized spacial score (nSPS) is 16.0. The number of alkyl halides is 3. The highest BCUT2D eigenvalue weighted by molar-refractivity contribution is 7.12. The summed E-state index contributed by atoms with van der Waals surface area (Å²) in [5.41, 5.74) is 1.43. The van der Waals surface area contributed by atoms with Gasteiger partial charge in [-0.25, -0.2) is 0 Å². The molecule has 21 heavy (non-hydrogen) atoms. The second kappa shape index (κ2) is 5.46. The Morgan fingerprint density at radius 1 is 1.19 bits per heavy atom. The number of halogens is 3. The van der Waals surface area contributed by atoms with Crippen molar-refractivity contribution in [3.05, 3.63) is 56.8 Å².